The van der Waals surface area contributed by atoms with Crippen molar-refractivity contribution in [2.75, 3.05) is 19.5 Å². The van der Waals surface area contributed by atoms with Crippen LogP contribution in [0.25, 0.3) is 6.08 Å². The molecule has 2 N–H and O–H groups in total. The van der Waals surface area contributed by atoms with Crippen LogP contribution < -0.4 is 20.1 Å². The Kier molecular flexibility index (Phi) is 7.28. The van der Waals surface area contributed by atoms with E-state index in [2.05, 4.69) is 15.7 Å². The summed E-state index contributed by atoms with van der Waals surface area (Å²) >= 11 is 0. The molecule has 8 nitrogen and oxygen atoms in total. The zero-order chi connectivity index (χ0) is 23.1. The molecule has 1 aromatic heterocycles. The number of hydrogen-bond acceptors (Lipinski definition) is 5. The third kappa shape index (κ3) is 5.75. The van der Waals surface area contributed by atoms with E-state index in [9.17, 15) is 9.59 Å². The number of ether oxygens (including phenoxy) is 2. The molecular weight excluding hydrogens is 408 g/mol. The SMILES string of the molecule is CNC(=O)c1nn(C)cc1NC(=O)/C=C/c1ccc(OC)c(COc2cccc(C)c2)c1. The summed E-state index contributed by atoms with van der Waals surface area (Å²) in [7, 11) is 4.79. The molecule has 0 aliphatic heterocycles. The van der Waals surface area contributed by atoms with Gasteiger partial charge in [-0.3, -0.25) is 14.3 Å². The van der Waals surface area contributed by atoms with Gasteiger partial charge in [-0.15, -0.1) is 0 Å². The molecule has 0 spiro atoms. The van der Waals surface area contributed by atoms with Crippen molar-refractivity contribution in [3.8, 4) is 11.5 Å². The first-order chi connectivity index (χ1) is 15.4. The Morgan fingerprint density at radius 1 is 1.19 bits per heavy atom. The van der Waals surface area contributed by atoms with Gasteiger partial charge in [-0.2, -0.15) is 5.10 Å². The van der Waals surface area contributed by atoms with Gasteiger partial charge in [0.05, 0.1) is 12.8 Å². The zero-order valence-electron chi connectivity index (χ0n) is 18.5. The van der Waals surface area contributed by atoms with E-state index in [0.29, 0.717) is 18.0 Å². The van der Waals surface area contributed by atoms with Crippen molar-refractivity contribution in [1.82, 2.24) is 15.1 Å². The minimum absolute atomic E-state index is 0.150. The van der Waals surface area contributed by atoms with E-state index in [0.717, 1.165) is 22.4 Å². The molecule has 0 unspecified atom stereocenters. The quantitative estimate of drug-likeness (QED) is 0.531. The summed E-state index contributed by atoms with van der Waals surface area (Å²) in [5, 5.41) is 9.26. The van der Waals surface area contributed by atoms with E-state index < -0.39 is 0 Å². The molecule has 8 heteroatoms. The summed E-state index contributed by atoms with van der Waals surface area (Å²) in [6.07, 6.45) is 4.65. The molecule has 1 heterocycles. The highest BCUT2D eigenvalue weighted by Crippen LogP contribution is 2.23. The molecule has 3 rings (SSSR count). The molecule has 3 aromatic rings. The fourth-order valence-electron chi connectivity index (χ4n) is 3.09. The van der Waals surface area contributed by atoms with Crippen molar-refractivity contribution in [1.29, 1.82) is 0 Å². The van der Waals surface area contributed by atoms with Crippen LogP contribution in [0, 0.1) is 6.92 Å². The van der Waals surface area contributed by atoms with E-state index in [1.807, 2.05) is 49.4 Å². The average Bonchev–Trinajstić information content (AvgIpc) is 3.15. The van der Waals surface area contributed by atoms with Gasteiger partial charge in [0.1, 0.15) is 18.1 Å². The van der Waals surface area contributed by atoms with Crippen molar-refractivity contribution in [3.63, 3.8) is 0 Å². The number of nitrogens with zero attached hydrogens (tertiary/aromatic N) is 2. The number of amides is 2. The van der Waals surface area contributed by atoms with Crippen LogP contribution in [0.15, 0.2) is 54.7 Å². The summed E-state index contributed by atoms with van der Waals surface area (Å²) in [6, 6.07) is 13.4. The molecule has 0 bridgehead atoms. The van der Waals surface area contributed by atoms with Crippen LogP contribution in [0.4, 0.5) is 5.69 Å². The van der Waals surface area contributed by atoms with Gasteiger partial charge in [0.2, 0.25) is 5.91 Å². The van der Waals surface area contributed by atoms with Crippen molar-refractivity contribution in [2.45, 2.75) is 13.5 Å². The largest absolute Gasteiger partial charge is 0.496 e. The van der Waals surface area contributed by atoms with Crippen molar-refractivity contribution < 1.29 is 19.1 Å². The van der Waals surface area contributed by atoms with Gasteiger partial charge in [-0.05, 0) is 48.4 Å². The summed E-state index contributed by atoms with van der Waals surface area (Å²) in [5.74, 6) is 0.718. The first-order valence-electron chi connectivity index (χ1n) is 10.0. The number of benzene rings is 2. The summed E-state index contributed by atoms with van der Waals surface area (Å²) in [4.78, 5) is 24.3. The minimum atomic E-state index is -0.378. The average molecular weight is 434 g/mol. The van der Waals surface area contributed by atoms with Gasteiger partial charge < -0.3 is 20.1 Å². The number of aromatic nitrogens is 2. The molecule has 166 valence electrons. The van der Waals surface area contributed by atoms with Crippen LogP contribution in [0.1, 0.15) is 27.2 Å². The molecule has 0 saturated heterocycles. The predicted octanol–water partition coefficient (Wildman–Crippen LogP) is 3.33. The van der Waals surface area contributed by atoms with Gasteiger partial charge in [0.15, 0.2) is 5.69 Å². The number of anilines is 1. The van der Waals surface area contributed by atoms with Gasteiger partial charge >= 0.3 is 0 Å². The Hall–Kier alpha value is -4.07. The normalized spacial score (nSPS) is 10.8. The number of aryl methyl sites for hydroxylation is 2. The Morgan fingerprint density at radius 2 is 2.00 bits per heavy atom. The van der Waals surface area contributed by atoms with E-state index in [-0.39, 0.29) is 17.5 Å². The Balaban J connectivity index is 1.71. The van der Waals surface area contributed by atoms with Crippen LogP contribution in [-0.4, -0.2) is 35.8 Å². The van der Waals surface area contributed by atoms with Crippen LogP contribution in [-0.2, 0) is 18.4 Å². The predicted molar refractivity (Wildman–Crippen MR) is 123 cm³/mol. The number of carbonyl (C=O) groups excluding carboxylic acids is 2. The first kappa shape index (κ1) is 22.6. The molecule has 0 fully saturated rings. The molecule has 0 aliphatic rings. The molecule has 0 saturated carbocycles. The second kappa shape index (κ2) is 10.3. The van der Waals surface area contributed by atoms with E-state index in [4.69, 9.17) is 9.47 Å². The highest BCUT2D eigenvalue weighted by atomic mass is 16.5. The lowest BCUT2D eigenvalue weighted by molar-refractivity contribution is -0.111. The highest BCUT2D eigenvalue weighted by molar-refractivity contribution is 6.06. The number of carbonyl (C=O) groups is 2. The molecule has 0 radical (unpaired) electrons. The molecule has 0 aliphatic carbocycles. The second-order valence-corrected chi connectivity index (χ2v) is 7.14. The second-order valence-electron chi connectivity index (χ2n) is 7.14. The Labute approximate surface area is 186 Å². The molecular formula is C24H26N4O4. The fourth-order valence-corrected chi connectivity index (χ4v) is 3.09. The lowest BCUT2D eigenvalue weighted by Crippen LogP contribution is -2.21. The third-order valence-corrected chi connectivity index (χ3v) is 4.64. The number of hydrogen-bond donors (Lipinski definition) is 2. The monoisotopic (exact) mass is 434 g/mol. The van der Waals surface area contributed by atoms with E-state index in [1.54, 1.807) is 26.4 Å². The maximum Gasteiger partial charge on any atom is 0.273 e. The van der Waals surface area contributed by atoms with Gasteiger partial charge in [-0.1, -0.05) is 18.2 Å². The number of methoxy groups -OCH3 is 1. The lowest BCUT2D eigenvalue weighted by Gasteiger charge is -2.11. The van der Waals surface area contributed by atoms with Crippen LogP contribution in [0.3, 0.4) is 0 Å². The summed E-state index contributed by atoms with van der Waals surface area (Å²) in [5.41, 5.74) is 3.26. The first-order valence-corrected chi connectivity index (χ1v) is 10.0. The molecule has 32 heavy (non-hydrogen) atoms. The maximum absolute atomic E-state index is 12.4. The van der Waals surface area contributed by atoms with Crippen LogP contribution in [0.2, 0.25) is 0 Å². The van der Waals surface area contributed by atoms with Crippen LogP contribution in [0.5, 0.6) is 11.5 Å². The Morgan fingerprint density at radius 3 is 2.72 bits per heavy atom. The smallest absolute Gasteiger partial charge is 0.273 e. The zero-order valence-corrected chi connectivity index (χ0v) is 18.5. The molecule has 2 amide bonds. The Bertz CT molecular complexity index is 1150. The number of nitrogens with one attached hydrogen (secondary N) is 2. The third-order valence-electron chi connectivity index (χ3n) is 4.64. The van der Waals surface area contributed by atoms with Gasteiger partial charge in [0, 0.05) is 31.9 Å². The molecule has 0 atom stereocenters. The highest BCUT2D eigenvalue weighted by Gasteiger charge is 2.16. The minimum Gasteiger partial charge on any atom is -0.496 e. The molecule has 2 aromatic carbocycles. The van der Waals surface area contributed by atoms with Crippen molar-refractivity contribution in [2.24, 2.45) is 7.05 Å². The van der Waals surface area contributed by atoms with Gasteiger partial charge in [0.25, 0.3) is 5.91 Å². The number of rotatable bonds is 8. The summed E-state index contributed by atoms with van der Waals surface area (Å²) < 4.78 is 12.8. The van der Waals surface area contributed by atoms with Crippen LogP contribution >= 0.6 is 0 Å². The summed E-state index contributed by atoms with van der Waals surface area (Å²) in [6.45, 7) is 2.33. The lowest BCUT2D eigenvalue weighted by atomic mass is 10.1. The topological polar surface area (TPSA) is 94.5 Å². The fraction of sp³-hybridized carbons (Fsp3) is 0.208. The van der Waals surface area contributed by atoms with Crippen molar-refractivity contribution >= 4 is 23.6 Å². The van der Waals surface area contributed by atoms with E-state index in [1.165, 1.54) is 17.8 Å². The van der Waals surface area contributed by atoms with Crippen molar-refractivity contribution in [3.05, 3.63) is 77.1 Å². The van der Waals surface area contributed by atoms with E-state index >= 15 is 0 Å². The maximum atomic E-state index is 12.4. The van der Waals surface area contributed by atoms with Gasteiger partial charge in [-0.25, -0.2) is 0 Å². The standard InChI is InChI=1S/C24H26N4O4/c1-16-6-5-7-19(12-16)32-15-18-13-17(8-10-21(18)31-4)9-11-22(29)26-20-14-28(3)27-23(20)24(30)25-2/h5-14H,15H2,1-4H3,(H,25,30)(H,26,29)/b11-9+.